The van der Waals surface area contributed by atoms with E-state index in [9.17, 15) is 15.0 Å². The summed E-state index contributed by atoms with van der Waals surface area (Å²) in [6, 6.07) is 13.4. The number of benzene rings is 2. The fraction of sp³-hybridized carbons (Fsp3) is 0.227. The molecular weight excluding hydrogens is 376 g/mol. The smallest absolute Gasteiger partial charge is 0.348 e. The second-order valence-corrected chi connectivity index (χ2v) is 6.46. The normalized spacial score (nSPS) is 12.9. The molecule has 0 aliphatic heterocycles. The standard InChI is InChI=1S/C22H22O7/c1-13-5-7-14(8-6-13)16-9-10-19(29-16)22(25,21(23)24)15-11-17(26-2)20(28-4)18(12-15)27-3/h5-12,25H,1-4H3,(H,23,24). The van der Waals surface area contributed by atoms with Crippen LogP contribution in [0, 0.1) is 6.92 Å². The first-order chi connectivity index (χ1) is 13.8. The number of aliphatic hydroxyl groups is 1. The highest BCUT2D eigenvalue weighted by atomic mass is 16.5. The molecule has 3 aromatic rings. The van der Waals surface area contributed by atoms with Crippen molar-refractivity contribution in [3.8, 4) is 28.6 Å². The van der Waals surface area contributed by atoms with Gasteiger partial charge in [0, 0.05) is 11.1 Å². The predicted octanol–water partition coefficient (Wildman–Crippen LogP) is 3.60. The van der Waals surface area contributed by atoms with Crippen molar-refractivity contribution in [1.82, 2.24) is 0 Å². The molecule has 0 bridgehead atoms. The van der Waals surface area contributed by atoms with E-state index in [2.05, 4.69) is 0 Å². The van der Waals surface area contributed by atoms with Crippen molar-refractivity contribution in [3.63, 3.8) is 0 Å². The van der Waals surface area contributed by atoms with Crippen LogP contribution in [0.4, 0.5) is 0 Å². The number of aliphatic carboxylic acids is 1. The van der Waals surface area contributed by atoms with Crippen LogP contribution in [0.25, 0.3) is 11.3 Å². The lowest BCUT2D eigenvalue weighted by Gasteiger charge is -2.24. The molecule has 0 radical (unpaired) electrons. The van der Waals surface area contributed by atoms with E-state index in [0.717, 1.165) is 11.1 Å². The van der Waals surface area contributed by atoms with Crippen LogP contribution in [0.5, 0.6) is 17.2 Å². The molecule has 0 fully saturated rings. The van der Waals surface area contributed by atoms with Crippen LogP contribution in [0.2, 0.25) is 0 Å². The van der Waals surface area contributed by atoms with Gasteiger partial charge < -0.3 is 28.8 Å². The number of furan rings is 1. The molecule has 29 heavy (non-hydrogen) atoms. The summed E-state index contributed by atoms with van der Waals surface area (Å²) in [5.74, 6) is -0.497. The number of carboxylic acids is 1. The number of ether oxygens (including phenoxy) is 3. The fourth-order valence-electron chi connectivity index (χ4n) is 3.07. The first kappa shape index (κ1) is 20.3. The zero-order chi connectivity index (χ0) is 21.2. The Morgan fingerprint density at radius 1 is 0.931 bits per heavy atom. The summed E-state index contributed by atoms with van der Waals surface area (Å²) in [5.41, 5.74) is -0.612. The molecule has 0 amide bonds. The van der Waals surface area contributed by atoms with Crippen LogP contribution in [-0.4, -0.2) is 37.5 Å². The van der Waals surface area contributed by atoms with Crippen molar-refractivity contribution >= 4 is 5.97 Å². The van der Waals surface area contributed by atoms with Gasteiger partial charge in [0.1, 0.15) is 5.76 Å². The molecule has 7 heteroatoms. The molecule has 3 rings (SSSR count). The summed E-state index contributed by atoms with van der Waals surface area (Å²) in [5, 5.41) is 21.1. The maximum absolute atomic E-state index is 12.1. The van der Waals surface area contributed by atoms with Crippen molar-refractivity contribution in [2.75, 3.05) is 21.3 Å². The average molecular weight is 398 g/mol. The Balaban J connectivity index is 2.14. The van der Waals surface area contributed by atoms with Crippen LogP contribution < -0.4 is 14.2 Å². The van der Waals surface area contributed by atoms with Crippen molar-refractivity contribution in [2.24, 2.45) is 0 Å². The van der Waals surface area contributed by atoms with Gasteiger partial charge in [0.2, 0.25) is 11.4 Å². The van der Waals surface area contributed by atoms with Gasteiger partial charge in [-0.25, -0.2) is 4.79 Å². The Labute approximate surface area is 168 Å². The molecule has 152 valence electrons. The largest absolute Gasteiger partial charge is 0.493 e. The lowest BCUT2D eigenvalue weighted by Crippen LogP contribution is -2.36. The number of rotatable bonds is 7. The molecule has 1 aromatic heterocycles. The summed E-state index contributed by atoms with van der Waals surface area (Å²) in [6.45, 7) is 1.96. The molecule has 0 saturated carbocycles. The van der Waals surface area contributed by atoms with Gasteiger partial charge in [-0.05, 0) is 31.2 Å². The summed E-state index contributed by atoms with van der Waals surface area (Å²) >= 11 is 0. The van der Waals surface area contributed by atoms with Crippen LogP contribution in [0.3, 0.4) is 0 Å². The molecule has 2 N–H and O–H groups in total. The van der Waals surface area contributed by atoms with Crippen LogP contribution >= 0.6 is 0 Å². The molecule has 0 saturated heterocycles. The fourth-order valence-corrected chi connectivity index (χ4v) is 3.07. The highest BCUT2D eigenvalue weighted by Crippen LogP contribution is 2.43. The van der Waals surface area contributed by atoms with Gasteiger partial charge in [-0.1, -0.05) is 29.8 Å². The average Bonchev–Trinajstić information content (AvgIpc) is 3.22. The topological polar surface area (TPSA) is 98.4 Å². The van der Waals surface area contributed by atoms with Gasteiger partial charge in [-0.2, -0.15) is 0 Å². The van der Waals surface area contributed by atoms with Crippen molar-refractivity contribution < 1.29 is 33.6 Å². The second-order valence-electron chi connectivity index (χ2n) is 6.46. The monoisotopic (exact) mass is 398 g/mol. The van der Waals surface area contributed by atoms with Crippen LogP contribution in [0.1, 0.15) is 16.9 Å². The van der Waals surface area contributed by atoms with Crippen molar-refractivity contribution in [1.29, 1.82) is 0 Å². The molecule has 0 aliphatic carbocycles. The third-order valence-electron chi connectivity index (χ3n) is 4.69. The van der Waals surface area contributed by atoms with E-state index in [4.69, 9.17) is 18.6 Å². The number of methoxy groups -OCH3 is 3. The maximum atomic E-state index is 12.1. The predicted molar refractivity (Wildman–Crippen MR) is 106 cm³/mol. The minimum absolute atomic E-state index is 0.00399. The molecular formula is C22H22O7. The molecule has 1 atom stereocenters. The summed E-state index contributed by atoms with van der Waals surface area (Å²) in [7, 11) is 4.25. The van der Waals surface area contributed by atoms with Crippen molar-refractivity contribution in [3.05, 3.63) is 65.4 Å². The zero-order valence-electron chi connectivity index (χ0n) is 16.6. The molecule has 0 aliphatic rings. The van der Waals surface area contributed by atoms with Gasteiger partial charge in [0.05, 0.1) is 21.3 Å². The molecule has 2 aromatic carbocycles. The second kappa shape index (κ2) is 7.89. The number of hydrogen-bond acceptors (Lipinski definition) is 6. The molecule has 1 heterocycles. The number of carboxylic acid groups (broad SMARTS) is 1. The number of carbonyl (C=O) groups is 1. The first-order valence-electron chi connectivity index (χ1n) is 8.78. The lowest BCUT2D eigenvalue weighted by molar-refractivity contribution is -0.156. The third kappa shape index (κ3) is 3.52. The van der Waals surface area contributed by atoms with Gasteiger partial charge in [-0.3, -0.25) is 0 Å². The first-order valence-corrected chi connectivity index (χ1v) is 8.78. The van der Waals surface area contributed by atoms with E-state index in [1.54, 1.807) is 6.07 Å². The summed E-state index contributed by atoms with van der Waals surface area (Å²) < 4.78 is 21.6. The Bertz CT molecular complexity index is 995. The zero-order valence-corrected chi connectivity index (χ0v) is 16.6. The van der Waals surface area contributed by atoms with E-state index < -0.39 is 11.6 Å². The Morgan fingerprint density at radius 2 is 1.52 bits per heavy atom. The van der Waals surface area contributed by atoms with Gasteiger partial charge in [0.15, 0.2) is 17.3 Å². The Kier molecular flexibility index (Phi) is 5.52. The van der Waals surface area contributed by atoms with Gasteiger partial charge in [0.25, 0.3) is 0 Å². The SMILES string of the molecule is COc1cc(C(O)(C(=O)O)c2ccc(-c3ccc(C)cc3)o2)cc(OC)c1OC. The number of aryl methyl sites for hydroxylation is 1. The summed E-state index contributed by atoms with van der Waals surface area (Å²) in [6.07, 6.45) is 0. The minimum atomic E-state index is -2.46. The maximum Gasteiger partial charge on any atom is 0.348 e. The van der Waals surface area contributed by atoms with Crippen molar-refractivity contribution in [2.45, 2.75) is 12.5 Å². The van der Waals surface area contributed by atoms with Gasteiger partial charge in [-0.15, -0.1) is 0 Å². The lowest BCUT2D eigenvalue weighted by atomic mass is 9.90. The quantitative estimate of drug-likeness (QED) is 0.627. The Hall–Kier alpha value is -3.45. The number of hydrogen-bond donors (Lipinski definition) is 2. The highest BCUT2D eigenvalue weighted by Gasteiger charge is 2.44. The van der Waals surface area contributed by atoms with E-state index in [1.807, 2.05) is 31.2 Å². The van der Waals surface area contributed by atoms with Crippen LogP contribution in [0.15, 0.2) is 52.9 Å². The molecule has 0 spiro atoms. The summed E-state index contributed by atoms with van der Waals surface area (Å²) in [4.78, 5) is 12.1. The molecule has 1 unspecified atom stereocenters. The van der Waals surface area contributed by atoms with Crippen LogP contribution in [-0.2, 0) is 10.4 Å². The minimum Gasteiger partial charge on any atom is -0.493 e. The third-order valence-corrected chi connectivity index (χ3v) is 4.69. The van der Waals surface area contributed by atoms with E-state index in [0.29, 0.717) is 5.76 Å². The van der Waals surface area contributed by atoms with Gasteiger partial charge >= 0.3 is 5.97 Å². The van der Waals surface area contributed by atoms with E-state index >= 15 is 0 Å². The Morgan fingerprint density at radius 3 is 2.00 bits per heavy atom. The van der Waals surface area contributed by atoms with E-state index in [1.165, 1.54) is 39.5 Å². The molecule has 7 nitrogen and oxygen atoms in total. The highest BCUT2D eigenvalue weighted by molar-refractivity contribution is 5.84. The van der Waals surface area contributed by atoms with E-state index in [-0.39, 0.29) is 28.6 Å².